The number of rotatable bonds is 9. The van der Waals surface area contributed by atoms with Crippen molar-refractivity contribution in [2.75, 3.05) is 18.5 Å². The average Bonchev–Trinajstić information content (AvgIpc) is 2.43. The molecule has 0 aliphatic carbocycles. The fourth-order valence-electron chi connectivity index (χ4n) is 1.80. The van der Waals surface area contributed by atoms with Gasteiger partial charge in [-0.2, -0.15) is 0 Å². The molecule has 6 heteroatoms. The third-order valence-corrected chi connectivity index (χ3v) is 4.39. The van der Waals surface area contributed by atoms with Crippen LogP contribution in [0.15, 0.2) is 29.2 Å². The lowest BCUT2D eigenvalue weighted by molar-refractivity contribution is 0.282. The summed E-state index contributed by atoms with van der Waals surface area (Å²) >= 11 is 0. The summed E-state index contributed by atoms with van der Waals surface area (Å²) in [5, 5.41) is 12.0. The Bertz CT molecular complexity index is 486. The first-order valence-corrected chi connectivity index (χ1v) is 8.45. The maximum absolute atomic E-state index is 11.9. The molecule has 114 valence electrons. The van der Waals surface area contributed by atoms with Gasteiger partial charge in [0.1, 0.15) is 0 Å². The molecule has 3 N–H and O–H groups in total. The highest BCUT2D eigenvalue weighted by atomic mass is 32.2. The maximum atomic E-state index is 11.9. The Labute approximate surface area is 121 Å². The molecule has 0 radical (unpaired) electrons. The smallest absolute Gasteiger partial charge is 0.240 e. The van der Waals surface area contributed by atoms with Crippen LogP contribution < -0.4 is 10.0 Å². The van der Waals surface area contributed by atoms with E-state index in [1.807, 2.05) is 13.8 Å². The zero-order chi connectivity index (χ0) is 15.0. The molecule has 0 saturated heterocycles. The normalized spacial score (nSPS) is 13.2. The highest BCUT2D eigenvalue weighted by Gasteiger charge is 2.12. The molecule has 0 aliphatic rings. The third-order valence-electron chi connectivity index (χ3n) is 2.92. The van der Waals surface area contributed by atoms with Gasteiger partial charge in [-0.15, -0.1) is 0 Å². The topological polar surface area (TPSA) is 78.4 Å². The lowest BCUT2D eigenvalue weighted by Crippen LogP contribution is -2.24. The standard InChI is InChI=1S/C14H24N2O3S/c1-3-10-15-20(18,19)14-8-6-13(7-9-14)16-12(2)5-4-11-17/h6-9,12,15-17H,3-5,10-11H2,1-2H3. The molecular weight excluding hydrogens is 276 g/mol. The van der Waals surface area contributed by atoms with E-state index in [1.54, 1.807) is 24.3 Å². The van der Waals surface area contributed by atoms with Crippen LogP contribution in [0, 0.1) is 0 Å². The molecule has 0 spiro atoms. The number of aliphatic hydroxyl groups is 1. The first kappa shape index (κ1) is 16.9. The van der Waals surface area contributed by atoms with Crippen LogP contribution in [0.5, 0.6) is 0 Å². The van der Waals surface area contributed by atoms with Crippen molar-refractivity contribution in [2.45, 2.75) is 44.0 Å². The molecule has 0 aromatic heterocycles. The van der Waals surface area contributed by atoms with Crippen molar-refractivity contribution in [2.24, 2.45) is 0 Å². The van der Waals surface area contributed by atoms with E-state index < -0.39 is 10.0 Å². The summed E-state index contributed by atoms with van der Waals surface area (Å²) in [7, 11) is -3.39. The van der Waals surface area contributed by atoms with Gasteiger partial charge in [0.05, 0.1) is 4.90 Å². The average molecular weight is 300 g/mol. The van der Waals surface area contributed by atoms with Crippen LogP contribution in [0.1, 0.15) is 33.1 Å². The molecule has 0 saturated carbocycles. The quantitative estimate of drug-likeness (QED) is 0.651. The van der Waals surface area contributed by atoms with Gasteiger partial charge in [0, 0.05) is 24.9 Å². The van der Waals surface area contributed by atoms with Crippen molar-refractivity contribution >= 4 is 15.7 Å². The van der Waals surface area contributed by atoms with Gasteiger partial charge in [0.2, 0.25) is 10.0 Å². The Hall–Kier alpha value is -1.11. The molecule has 1 aromatic carbocycles. The van der Waals surface area contributed by atoms with Gasteiger partial charge in [-0.05, 0) is 50.5 Å². The molecule has 0 fully saturated rings. The molecule has 1 atom stereocenters. The first-order valence-electron chi connectivity index (χ1n) is 6.96. The lowest BCUT2D eigenvalue weighted by atomic mass is 10.2. The number of hydrogen-bond acceptors (Lipinski definition) is 4. The van der Waals surface area contributed by atoms with E-state index in [4.69, 9.17) is 5.11 Å². The number of nitrogens with one attached hydrogen (secondary N) is 2. The molecule has 20 heavy (non-hydrogen) atoms. The predicted octanol–water partition coefficient (Wildman–Crippen LogP) is 1.95. The van der Waals surface area contributed by atoms with Crippen LogP contribution in [0.25, 0.3) is 0 Å². The van der Waals surface area contributed by atoms with Crippen molar-refractivity contribution in [1.29, 1.82) is 0 Å². The van der Waals surface area contributed by atoms with Crippen LogP contribution in [0.4, 0.5) is 5.69 Å². The fraction of sp³-hybridized carbons (Fsp3) is 0.571. The van der Waals surface area contributed by atoms with Gasteiger partial charge in [-0.25, -0.2) is 13.1 Å². The lowest BCUT2D eigenvalue weighted by Gasteiger charge is -2.15. The number of sulfonamides is 1. The van der Waals surface area contributed by atoms with Gasteiger partial charge < -0.3 is 10.4 Å². The fourth-order valence-corrected chi connectivity index (χ4v) is 2.94. The van der Waals surface area contributed by atoms with E-state index in [0.29, 0.717) is 6.54 Å². The summed E-state index contributed by atoms with van der Waals surface area (Å²) in [6.07, 6.45) is 2.39. The molecular formula is C14H24N2O3S. The van der Waals surface area contributed by atoms with E-state index in [1.165, 1.54) is 0 Å². The summed E-state index contributed by atoms with van der Waals surface area (Å²) in [4.78, 5) is 0.277. The van der Waals surface area contributed by atoms with Gasteiger partial charge in [0.15, 0.2) is 0 Å². The minimum Gasteiger partial charge on any atom is -0.396 e. The van der Waals surface area contributed by atoms with Crippen LogP contribution in [-0.2, 0) is 10.0 Å². The summed E-state index contributed by atoms with van der Waals surface area (Å²) in [5.41, 5.74) is 0.880. The van der Waals surface area contributed by atoms with Crippen molar-refractivity contribution in [3.8, 4) is 0 Å². The maximum Gasteiger partial charge on any atom is 0.240 e. The highest BCUT2D eigenvalue weighted by Crippen LogP contribution is 2.15. The van der Waals surface area contributed by atoms with Crippen molar-refractivity contribution in [3.63, 3.8) is 0 Å². The second-order valence-electron chi connectivity index (χ2n) is 4.83. The van der Waals surface area contributed by atoms with Crippen molar-refractivity contribution < 1.29 is 13.5 Å². The largest absolute Gasteiger partial charge is 0.396 e. The minimum atomic E-state index is -3.39. The number of anilines is 1. The molecule has 1 unspecified atom stereocenters. The summed E-state index contributed by atoms with van der Waals surface area (Å²) in [6, 6.07) is 6.95. The summed E-state index contributed by atoms with van der Waals surface area (Å²) in [5.74, 6) is 0. The van der Waals surface area contributed by atoms with E-state index >= 15 is 0 Å². The summed E-state index contributed by atoms with van der Waals surface area (Å²) in [6.45, 7) is 4.58. The van der Waals surface area contributed by atoms with Crippen molar-refractivity contribution in [1.82, 2.24) is 4.72 Å². The van der Waals surface area contributed by atoms with Crippen LogP contribution in [-0.4, -0.2) is 32.7 Å². The zero-order valence-electron chi connectivity index (χ0n) is 12.1. The third kappa shape index (κ3) is 5.48. The van der Waals surface area contributed by atoms with Crippen LogP contribution in [0.2, 0.25) is 0 Å². The van der Waals surface area contributed by atoms with Crippen LogP contribution in [0.3, 0.4) is 0 Å². The van der Waals surface area contributed by atoms with Gasteiger partial charge in [-0.1, -0.05) is 6.92 Å². The molecule has 0 amide bonds. The second-order valence-corrected chi connectivity index (χ2v) is 6.60. The Balaban J connectivity index is 2.64. The van der Waals surface area contributed by atoms with E-state index in [0.717, 1.165) is 24.9 Å². The highest BCUT2D eigenvalue weighted by molar-refractivity contribution is 7.89. The molecule has 0 bridgehead atoms. The van der Waals surface area contributed by atoms with E-state index in [-0.39, 0.29) is 17.5 Å². The number of benzene rings is 1. The zero-order valence-corrected chi connectivity index (χ0v) is 12.9. The molecule has 0 heterocycles. The van der Waals surface area contributed by atoms with Gasteiger partial charge in [-0.3, -0.25) is 0 Å². The molecule has 5 nitrogen and oxygen atoms in total. The Morgan fingerprint density at radius 1 is 1.25 bits per heavy atom. The van der Waals surface area contributed by atoms with E-state index in [2.05, 4.69) is 10.0 Å². The van der Waals surface area contributed by atoms with Crippen molar-refractivity contribution in [3.05, 3.63) is 24.3 Å². The Morgan fingerprint density at radius 3 is 2.45 bits per heavy atom. The minimum absolute atomic E-state index is 0.187. The van der Waals surface area contributed by atoms with Gasteiger partial charge >= 0.3 is 0 Å². The Kier molecular flexibility index (Phi) is 6.98. The summed E-state index contributed by atoms with van der Waals surface area (Å²) < 4.78 is 26.4. The molecule has 1 aromatic rings. The monoisotopic (exact) mass is 300 g/mol. The van der Waals surface area contributed by atoms with E-state index in [9.17, 15) is 8.42 Å². The predicted molar refractivity (Wildman–Crippen MR) is 81.3 cm³/mol. The first-order chi connectivity index (χ1) is 9.49. The van der Waals surface area contributed by atoms with Gasteiger partial charge in [0.25, 0.3) is 0 Å². The van der Waals surface area contributed by atoms with Crippen LogP contribution >= 0.6 is 0 Å². The molecule has 0 aliphatic heterocycles. The number of aliphatic hydroxyl groups excluding tert-OH is 1. The SMILES string of the molecule is CCCNS(=O)(=O)c1ccc(NC(C)CCCO)cc1. The Morgan fingerprint density at radius 2 is 1.90 bits per heavy atom. The molecule has 1 rings (SSSR count). The number of hydrogen-bond donors (Lipinski definition) is 3. The second kappa shape index (κ2) is 8.24.